The predicted octanol–water partition coefficient (Wildman–Crippen LogP) is -0.110. The molecule has 0 aromatic heterocycles. The molecule has 0 N–H and O–H groups in total. The standard InChI is InChI=1S/C13H19NO4/c1-8-7-14(13(18-8)4-2-3-5-13)11(15)9-6-10(9)12(16)17/h8-10H,2-7H2,1H3,(H,16,17)/p-1/t8-,9+,10-/m1/s1. The molecule has 3 aliphatic rings. The molecule has 2 aliphatic carbocycles. The molecule has 3 fully saturated rings. The van der Waals surface area contributed by atoms with Crippen molar-refractivity contribution in [1.29, 1.82) is 0 Å². The zero-order valence-corrected chi connectivity index (χ0v) is 10.6. The summed E-state index contributed by atoms with van der Waals surface area (Å²) in [5.41, 5.74) is -0.435. The van der Waals surface area contributed by atoms with Gasteiger partial charge in [-0.3, -0.25) is 4.79 Å². The van der Waals surface area contributed by atoms with Crippen LogP contribution in [0.1, 0.15) is 39.0 Å². The molecule has 5 nitrogen and oxygen atoms in total. The van der Waals surface area contributed by atoms with E-state index in [0.717, 1.165) is 25.7 Å². The molecule has 0 bridgehead atoms. The van der Waals surface area contributed by atoms with Gasteiger partial charge in [0.2, 0.25) is 5.91 Å². The molecule has 0 unspecified atom stereocenters. The molecule has 0 aromatic carbocycles. The van der Waals surface area contributed by atoms with Crippen LogP contribution in [0.25, 0.3) is 0 Å². The van der Waals surface area contributed by atoms with Gasteiger partial charge >= 0.3 is 0 Å². The average molecular weight is 252 g/mol. The molecule has 3 atom stereocenters. The minimum Gasteiger partial charge on any atom is -0.550 e. The first kappa shape index (κ1) is 12.0. The van der Waals surface area contributed by atoms with Crippen LogP contribution in [-0.4, -0.2) is 35.2 Å². The Labute approximate surface area is 106 Å². The number of carboxylic acid groups (broad SMARTS) is 1. The van der Waals surface area contributed by atoms with Gasteiger partial charge in [0.15, 0.2) is 0 Å². The van der Waals surface area contributed by atoms with E-state index in [-0.39, 0.29) is 17.9 Å². The fraction of sp³-hybridized carbons (Fsp3) is 0.846. The molecule has 1 heterocycles. The number of hydrogen-bond donors (Lipinski definition) is 0. The van der Waals surface area contributed by atoms with Gasteiger partial charge in [-0.1, -0.05) is 0 Å². The maximum Gasteiger partial charge on any atom is 0.228 e. The smallest absolute Gasteiger partial charge is 0.228 e. The van der Waals surface area contributed by atoms with Crippen LogP contribution in [0.3, 0.4) is 0 Å². The van der Waals surface area contributed by atoms with Crippen LogP contribution < -0.4 is 5.11 Å². The zero-order chi connectivity index (χ0) is 12.9. The van der Waals surface area contributed by atoms with Crippen molar-refractivity contribution in [3.63, 3.8) is 0 Å². The van der Waals surface area contributed by atoms with E-state index in [0.29, 0.717) is 13.0 Å². The first-order valence-corrected chi connectivity index (χ1v) is 6.74. The van der Waals surface area contributed by atoms with E-state index >= 15 is 0 Å². The van der Waals surface area contributed by atoms with Crippen LogP contribution >= 0.6 is 0 Å². The lowest BCUT2D eigenvalue weighted by Gasteiger charge is -2.33. The Kier molecular flexibility index (Phi) is 2.62. The summed E-state index contributed by atoms with van der Waals surface area (Å²) < 4.78 is 5.96. The highest BCUT2D eigenvalue weighted by molar-refractivity contribution is 5.89. The molecule has 0 radical (unpaired) electrons. The molecule has 100 valence electrons. The number of carboxylic acids is 1. The Morgan fingerprint density at radius 1 is 1.28 bits per heavy atom. The van der Waals surface area contributed by atoms with E-state index in [9.17, 15) is 14.7 Å². The fourth-order valence-electron chi connectivity index (χ4n) is 3.43. The largest absolute Gasteiger partial charge is 0.550 e. The second kappa shape index (κ2) is 3.95. The van der Waals surface area contributed by atoms with Gasteiger partial charge in [0.25, 0.3) is 0 Å². The highest BCUT2D eigenvalue weighted by atomic mass is 16.5. The van der Waals surface area contributed by atoms with Crippen LogP contribution in [0, 0.1) is 11.8 Å². The van der Waals surface area contributed by atoms with E-state index < -0.39 is 17.6 Å². The normalized spacial score (nSPS) is 37.2. The number of carbonyl (C=O) groups excluding carboxylic acids is 2. The molecule has 2 saturated carbocycles. The molecule has 3 rings (SSSR count). The van der Waals surface area contributed by atoms with Gasteiger partial charge in [0.05, 0.1) is 6.10 Å². The minimum atomic E-state index is -1.10. The molecule has 1 saturated heterocycles. The summed E-state index contributed by atoms with van der Waals surface area (Å²) in [5, 5.41) is 10.8. The monoisotopic (exact) mass is 252 g/mol. The highest BCUT2D eigenvalue weighted by Crippen LogP contribution is 2.46. The number of nitrogens with zero attached hydrogens (tertiary/aromatic N) is 1. The van der Waals surface area contributed by atoms with Crippen LogP contribution in [0.15, 0.2) is 0 Å². The minimum absolute atomic E-state index is 0.0459. The number of carbonyl (C=O) groups is 2. The van der Waals surface area contributed by atoms with Crippen LogP contribution in [0.4, 0.5) is 0 Å². The van der Waals surface area contributed by atoms with E-state index in [1.807, 2.05) is 6.92 Å². The molecular formula is C13H18NO4-. The first-order valence-electron chi connectivity index (χ1n) is 6.74. The van der Waals surface area contributed by atoms with Gasteiger partial charge in [0.1, 0.15) is 5.72 Å². The topological polar surface area (TPSA) is 69.7 Å². The Bertz CT molecular complexity index is 388. The van der Waals surface area contributed by atoms with Gasteiger partial charge in [-0.05, 0) is 39.0 Å². The molecule has 0 aromatic rings. The molecule has 1 amide bonds. The summed E-state index contributed by atoms with van der Waals surface area (Å²) in [6, 6.07) is 0. The van der Waals surface area contributed by atoms with Crippen LogP contribution in [-0.2, 0) is 14.3 Å². The molecule has 5 heteroatoms. The number of rotatable bonds is 2. The number of ether oxygens (including phenoxy) is 1. The van der Waals surface area contributed by atoms with E-state index in [1.54, 1.807) is 4.90 Å². The lowest BCUT2D eigenvalue weighted by molar-refractivity contribution is -0.308. The summed E-state index contributed by atoms with van der Waals surface area (Å²) in [7, 11) is 0. The van der Waals surface area contributed by atoms with Crippen LogP contribution in [0.5, 0.6) is 0 Å². The summed E-state index contributed by atoms with van der Waals surface area (Å²) in [5.74, 6) is -2.09. The van der Waals surface area contributed by atoms with Gasteiger partial charge < -0.3 is 19.5 Å². The lowest BCUT2D eigenvalue weighted by atomic mass is 10.1. The Morgan fingerprint density at radius 2 is 1.94 bits per heavy atom. The first-order chi connectivity index (χ1) is 8.53. The van der Waals surface area contributed by atoms with Crippen molar-refractivity contribution in [2.75, 3.05) is 6.54 Å². The second-order valence-electron chi connectivity index (χ2n) is 5.80. The molecular weight excluding hydrogens is 234 g/mol. The average Bonchev–Trinajstić information content (AvgIpc) is 2.90. The maximum absolute atomic E-state index is 12.4. The Hall–Kier alpha value is -1.10. The fourth-order valence-corrected chi connectivity index (χ4v) is 3.43. The predicted molar refractivity (Wildman–Crippen MR) is 60.1 cm³/mol. The van der Waals surface area contributed by atoms with Crippen molar-refractivity contribution < 1.29 is 19.4 Å². The summed E-state index contributed by atoms with van der Waals surface area (Å²) in [4.78, 5) is 24.9. The Balaban J connectivity index is 1.75. The van der Waals surface area contributed by atoms with Gasteiger partial charge in [0, 0.05) is 24.3 Å². The van der Waals surface area contributed by atoms with Crippen molar-refractivity contribution in [3.05, 3.63) is 0 Å². The van der Waals surface area contributed by atoms with E-state index in [1.165, 1.54) is 0 Å². The van der Waals surface area contributed by atoms with Crippen molar-refractivity contribution >= 4 is 11.9 Å². The van der Waals surface area contributed by atoms with Crippen molar-refractivity contribution in [3.8, 4) is 0 Å². The molecule has 1 spiro atoms. The van der Waals surface area contributed by atoms with Crippen molar-refractivity contribution in [2.45, 2.75) is 50.9 Å². The van der Waals surface area contributed by atoms with Gasteiger partial charge in [-0.25, -0.2) is 0 Å². The number of aliphatic carboxylic acids is 1. The number of hydrogen-bond acceptors (Lipinski definition) is 4. The highest BCUT2D eigenvalue weighted by Gasteiger charge is 2.54. The van der Waals surface area contributed by atoms with Crippen LogP contribution in [0.2, 0.25) is 0 Å². The third-order valence-electron chi connectivity index (χ3n) is 4.41. The summed E-state index contributed by atoms with van der Waals surface area (Å²) in [6.07, 6.45) is 4.39. The lowest BCUT2D eigenvalue weighted by Crippen LogP contribution is -2.47. The second-order valence-corrected chi connectivity index (χ2v) is 5.80. The third kappa shape index (κ3) is 1.72. The summed E-state index contributed by atoms with van der Waals surface area (Å²) >= 11 is 0. The van der Waals surface area contributed by atoms with Gasteiger partial charge in [-0.2, -0.15) is 0 Å². The number of amides is 1. The Morgan fingerprint density at radius 3 is 2.50 bits per heavy atom. The summed E-state index contributed by atoms with van der Waals surface area (Å²) in [6.45, 7) is 2.56. The zero-order valence-electron chi connectivity index (χ0n) is 10.6. The molecule has 18 heavy (non-hydrogen) atoms. The van der Waals surface area contributed by atoms with E-state index in [2.05, 4.69) is 0 Å². The van der Waals surface area contributed by atoms with E-state index in [4.69, 9.17) is 4.74 Å². The molecule has 1 aliphatic heterocycles. The third-order valence-corrected chi connectivity index (χ3v) is 4.41. The van der Waals surface area contributed by atoms with Crippen molar-refractivity contribution in [2.24, 2.45) is 11.8 Å². The van der Waals surface area contributed by atoms with Gasteiger partial charge in [-0.15, -0.1) is 0 Å². The van der Waals surface area contributed by atoms with Crippen molar-refractivity contribution in [1.82, 2.24) is 4.90 Å². The SMILES string of the molecule is C[C@@H]1CN(C(=O)[C@H]2C[C@H]2C(=O)[O-])C2(CCCC2)O1. The quantitative estimate of drug-likeness (QED) is 0.687. The maximum atomic E-state index is 12.4.